The minimum Gasteiger partial charge on any atom is -0.370 e. The Kier molecular flexibility index (Phi) is 18.2. The van der Waals surface area contributed by atoms with Gasteiger partial charge in [0.1, 0.15) is 22.8 Å². The number of hydrogen-bond donors (Lipinski definition) is 13. The number of anilines is 4. The van der Waals surface area contributed by atoms with Gasteiger partial charge in [0.25, 0.3) is 23.6 Å². The maximum absolute atomic E-state index is 13.1. The third-order valence-corrected chi connectivity index (χ3v) is 9.78. The number of hydrogen-bond acceptors (Lipinski definition) is 11. The van der Waals surface area contributed by atoms with Crippen LogP contribution in [-0.2, 0) is 37.8 Å². The van der Waals surface area contributed by atoms with Crippen LogP contribution in [0.25, 0.3) is 0 Å². The molecule has 352 valence electrons. The summed E-state index contributed by atoms with van der Waals surface area (Å²) in [7, 11) is 6.66. The van der Waals surface area contributed by atoms with Gasteiger partial charge in [-0.25, -0.2) is 0 Å². The molecule has 0 saturated heterocycles. The highest BCUT2D eigenvalue weighted by atomic mass is 16.2. The zero-order valence-corrected chi connectivity index (χ0v) is 36.9. The molecule has 4 aromatic rings. The Hall–Kier alpha value is -7.64. The summed E-state index contributed by atoms with van der Waals surface area (Å²) in [5.41, 5.74) is 35.9. The van der Waals surface area contributed by atoms with Crippen LogP contribution in [0.5, 0.6) is 0 Å². The first-order valence-electron chi connectivity index (χ1n) is 20.6. The second-order valence-corrected chi connectivity index (χ2v) is 15.2. The summed E-state index contributed by atoms with van der Waals surface area (Å²) >= 11 is 0. The van der Waals surface area contributed by atoms with Crippen LogP contribution >= 0.6 is 0 Å². The fraction of sp³-hybridized carbons (Fsp3) is 0.400. The van der Waals surface area contributed by atoms with E-state index in [0.29, 0.717) is 86.0 Å². The van der Waals surface area contributed by atoms with Gasteiger partial charge in [0.2, 0.25) is 11.8 Å². The van der Waals surface area contributed by atoms with E-state index in [2.05, 4.69) is 47.2 Å². The maximum Gasteiger partial charge on any atom is 0.272 e. The van der Waals surface area contributed by atoms with Crippen molar-refractivity contribution in [3.05, 3.63) is 71.8 Å². The Labute approximate surface area is 375 Å². The molecule has 0 spiro atoms. The smallest absolute Gasteiger partial charge is 0.272 e. The summed E-state index contributed by atoms with van der Waals surface area (Å²) in [6, 6.07) is 4.53. The molecule has 6 amide bonds. The molecule has 0 bridgehead atoms. The summed E-state index contributed by atoms with van der Waals surface area (Å²) in [5.74, 6) is -2.54. The lowest BCUT2D eigenvalue weighted by Crippen LogP contribution is -2.37. The molecule has 4 rings (SSSR count). The van der Waals surface area contributed by atoms with Crippen molar-refractivity contribution in [2.45, 2.75) is 37.8 Å². The van der Waals surface area contributed by atoms with Crippen LogP contribution in [0.4, 0.5) is 22.7 Å². The second-order valence-electron chi connectivity index (χ2n) is 15.2. The normalized spacial score (nSPS) is 11.8. The highest BCUT2D eigenvalue weighted by molar-refractivity contribution is 6.07. The molecule has 0 fully saturated rings. The van der Waals surface area contributed by atoms with E-state index in [4.69, 9.17) is 34.4 Å². The van der Waals surface area contributed by atoms with Crippen LogP contribution < -0.4 is 71.6 Å². The van der Waals surface area contributed by atoms with Crippen molar-refractivity contribution in [1.82, 2.24) is 34.2 Å². The van der Waals surface area contributed by atoms with E-state index in [-0.39, 0.29) is 48.2 Å². The number of aryl methyl sites for hydroxylation is 4. The number of amides is 6. The number of aromatic nitrogens is 4. The lowest BCUT2D eigenvalue weighted by atomic mass is 10.1. The number of carbonyl (C=O) groups is 6. The van der Waals surface area contributed by atoms with Gasteiger partial charge in [-0.2, -0.15) is 0 Å². The third-order valence-electron chi connectivity index (χ3n) is 9.78. The maximum atomic E-state index is 13.1. The summed E-state index contributed by atoms with van der Waals surface area (Å²) < 4.78 is 6.28. The SMILES string of the molecule is Cn1cc(NC(=O)c2cc(NC(=O)C(N)CCCN=C(N)N)cn2C)cc1C(=O)NCCNCCNC(=O)c1cc(NC(=O)c2cc(NC(=O)C(N)CCCN=C(N)N)cn2C)cn1C. The van der Waals surface area contributed by atoms with E-state index >= 15 is 0 Å². The zero-order chi connectivity index (χ0) is 47.8. The molecule has 0 aromatic carbocycles. The van der Waals surface area contributed by atoms with Crippen molar-refractivity contribution in [2.24, 2.45) is 72.6 Å². The number of carbonyl (C=O) groups excluding carboxylic acids is 6. The number of rotatable bonds is 24. The largest absolute Gasteiger partial charge is 0.370 e. The second kappa shape index (κ2) is 23.7. The van der Waals surface area contributed by atoms with Gasteiger partial charge in [-0.1, -0.05) is 0 Å². The highest BCUT2D eigenvalue weighted by Crippen LogP contribution is 2.20. The van der Waals surface area contributed by atoms with Gasteiger partial charge in [-0.05, 0) is 49.9 Å². The summed E-state index contributed by atoms with van der Waals surface area (Å²) in [6.45, 7) is 2.07. The molecule has 2 unspecified atom stereocenters. The quantitative estimate of drug-likeness (QED) is 0.0205. The molecule has 0 radical (unpaired) electrons. The average molecular weight is 904 g/mol. The summed E-state index contributed by atoms with van der Waals surface area (Å²) in [6.07, 6.45) is 8.14. The molecule has 25 heteroatoms. The first kappa shape index (κ1) is 50.0. The predicted octanol–water partition coefficient (Wildman–Crippen LogP) is -2.07. The summed E-state index contributed by atoms with van der Waals surface area (Å²) in [4.78, 5) is 85.0. The molecule has 0 aliphatic heterocycles. The van der Waals surface area contributed by atoms with E-state index in [9.17, 15) is 28.8 Å². The van der Waals surface area contributed by atoms with Gasteiger partial charge in [0, 0.05) is 92.2 Å². The Morgan fingerprint density at radius 3 is 1.12 bits per heavy atom. The molecule has 0 aliphatic rings. The van der Waals surface area contributed by atoms with E-state index in [1.807, 2.05) is 0 Å². The van der Waals surface area contributed by atoms with Crippen molar-refractivity contribution in [1.29, 1.82) is 0 Å². The van der Waals surface area contributed by atoms with Gasteiger partial charge in [0.05, 0.1) is 34.8 Å². The monoisotopic (exact) mass is 904 g/mol. The lowest BCUT2D eigenvalue weighted by molar-refractivity contribution is -0.118. The number of nitrogens with two attached hydrogens (primary N) is 6. The van der Waals surface area contributed by atoms with Crippen LogP contribution in [0.3, 0.4) is 0 Å². The van der Waals surface area contributed by atoms with Gasteiger partial charge in [0.15, 0.2) is 11.9 Å². The van der Waals surface area contributed by atoms with Crippen LogP contribution in [0.2, 0.25) is 0 Å². The molecule has 19 N–H and O–H groups in total. The third kappa shape index (κ3) is 15.3. The van der Waals surface area contributed by atoms with E-state index < -0.39 is 35.7 Å². The fourth-order valence-corrected chi connectivity index (χ4v) is 6.43. The zero-order valence-electron chi connectivity index (χ0n) is 36.9. The molecule has 25 nitrogen and oxygen atoms in total. The lowest BCUT2D eigenvalue weighted by Gasteiger charge is -2.10. The van der Waals surface area contributed by atoms with Crippen molar-refractivity contribution >= 4 is 70.1 Å². The molecular formula is C40H61N19O6. The molecule has 4 aromatic heterocycles. The Balaban J connectivity index is 1.15. The molecule has 65 heavy (non-hydrogen) atoms. The molecule has 0 aliphatic carbocycles. The molecule has 4 heterocycles. The van der Waals surface area contributed by atoms with Crippen LogP contribution in [0.1, 0.15) is 67.6 Å². The van der Waals surface area contributed by atoms with Gasteiger partial charge >= 0.3 is 0 Å². The summed E-state index contributed by atoms with van der Waals surface area (Å²) in [5, 5.41) is 19.8. The number of nitrogens with one attached hydrogen (secondary N) is 7. The fourth-order valence-electron chi connectivity index (χ4n) is 6.43. The van der Waals surface area contributed by atoms with Gasteiger partial charge < -0.3 is 89.9 Å². The van der Waals surface area contributed by atoms with Gasteiger partial charge in [-0.15, -0.1) is 0 Å². The number of nitrogens with zero attached hydrogens (tertiary/aromatic N) is 6. The number of aliphatic imine (C=N–C) groups is 2. The van der Waals surface area contributed by atoms with E-state index in [1.54, 1.807) is 83.4 Å². The molecular weight excluding hydrogens is 843 g/mol. The average Bonchev–Trinajstić information content (AvgIpc) is 4.01. The molecule has 2 atom stereocenters. The first-order chi connectivity index (χ1) is 30.8. The minimum absolute atomic E-state index is 0.0338. The topological polar surface area (TPSA) is 387 Å². The van der Waals surface area contributed by atoms with Crippen LogP contribution in [0.15, 0.2) is 59.0 Å². The first-order valence-corrected chi connectivity index (χ1v) is 20.6. The molecule has 0 saturated carbocycles. The minimum atomic E-state index is -0.796. The Morgan fingerprint density at radius 1 is 0.492 bits per heavy atom. The Bertz CT molecular complexity index is 2220. The predicted molar refractivity (Wildman–Crippen MR) is 248 cm³/mol. The number of guanidine groups is 2. The van der Waals surface area contributed by atoms with Crippen molar-refractivity contribution in [3.8, 4) is 0 Å². The van der Waals surface area contributed by atoms with Crippen LogP contribution in [0, 0.1) is 0 Å². The van der Waals surface area contributed by atoms with Gasteiger partial charge in [-0.3, -0.25) is 38.8 Å². The van der Waals surface area contributed by atoms with E-state index in [1.165, 1.54) is 12.1 Å². The Morgan fingerprint density at radius 2 is 0.800 bits per heavy atom. The standard InChI is InChI=1S/C40H61N19O6/c1-56-21-25(54-37(64)31-17-23(19-58(31)3)52-33(60)27(41)7-5-9-50-39(43)44)15-29(56)35(62)48-13-11-47-12-14-49-36(63)30-16-26(22-57(30)2)55-38(65)32-18-24(20-59(32)4)53-34(61)28(42)8-6-10-51-40(45)46/h15-22,27-28,47H,5-14,41-42H2,1-4H3,(H,48,62)(H,49,63)(H,52,60)(H,53,61)(H,54,64)(H,55,65)(H4,43,44,50)(H4,45,46,51). The van der Waals surface area contributed by atoms with Crippen LogP contribution in [-0.4, -0.2) is 117 Å². The van der Waals surface area contributed by atoms with Crippen molar-refractivity contribution in [2.75, 3.05) is 60.5 Å². The highest BCUT2D eigenvalue weighted by Gasteiger charge is 2.21. The van der Waals surface area contributed by atoms with Crippen molar-refractivity contribution in [3.63, 3.8) is 0 Å². The van der Waals surface area contributed by atoms with E-state index in [0.717, 1.165) is 0 Å². The van der Waals surface area contributed by atoms with Crippen molar-refractivity contribution < 1.29 is 28.8 Å².